The molecule has 0 heterocycles. The number of rotatable bonds is 8. The molecule has 0 aliphatic rings. The summed E-state index contributed by atoms with van der Waals surface area (Å²) in [5.41, 5.74) is 0. The van der Waals surface area contributed by atoms with Gasteiger partial charge in [0, 0.05) is 19.8 Å². The van der Waals surface area contributed by atoms with Gasteiger partial charge in [0.15, 0.2) is 9.76 Å². The smallest absolute Gasteiger partial charge is 0.166 e. The Morgan fingerprint density at radius 1 is 1.00 bits per heavy atom. The van der Waals surface area contributed by atoms with Gasteiger partial charge in [-0.3, -0.25) is 0 Å². The number of hydrogen-bond donors (Lipinski definition) is 0. The molecule has 0 unspecified atom stereocenters. The van der Waals surface area contributed by atoms with Crippen LogP contribution in [0.25, 0.3) is 0 Å². The zero-order valence-electron chi connectivity index (χ0n) is 10.3. The zero-order valence-corrected chi connectivity index (χ0v) is 11.7. The van der Waals surface area contributed by atoms with Gasteiger partial charge in [0.2, 0.25) is 0 Å². The lowest BCUT2D eigenvalue weighted by Crippen LogP contribution is -2.14. The van der Waals surface area contributed by atoms with E-state index in [-0.39, 0.29) is 9.76 Å². The summed E-state index contributed by atoms with van der Waals surface area (Å²) in [6, 6.07) is 0. The molecule has 3 heteroatoms. The summed E-state index contributed by atoms with van der Waals surface area (Å²) < 4.78 is 11.1. The van der Waals surface area contributed by atoms with Crippen LogP contribution >= 0.6 is 0 Å². The minimum atomic E-state index is -0.350. The van der Waals surface area contributed by atoms with Crippen LogP contribution in [0.5, 0.6) is 0 Å². The number of unbranched alkanes of at least 4 members (excludes halogenated alkanes) is 1. The lowest BCUT2D eigenvalue weighted by molar-refractivity contribution is 0.117. The molecule has 0 N–H and O–H groups in total. The third-order valence-electron chi connectivity index (χ3n) is 1.75. The Bertz CT molecular complexity index is 121. The summed E-state index contributed by atoms with van der Waals surface area (Å²) in [6.07, 6.45) is 3.44. The molecule has 0 saturated heterocycles. The number of hydrogen-bond acceptors (Lipinski definition) is 2. The molecule has 0 fully saturated rings. The van der Waals surface area contributed by atoms with E-state index in [1.165, 1.54) is 12.8 Å². The van der Waals surface area contributed by atoms with Gasteiger partial charge in [-0.05, 0) is 17.9 Å². The van der Waals surface area contributed by atoms with E-state index in [0.29, 0.717) is 5.04 Å². The summed E-state index contributed by atoms with van der Waals surface area (Å²) >= 11 is 0. The maximum atomic E-state index is 5.66. The van der Waals surface area contributed by atoms with Crippen molar-refractivity contribution < 1.29 is 9.16 Å². The molecule has 0 aliphatic carbocycles. The molecule has 0 bridgehead atoms. The highest BCUT2D eigenvalue weighted by atomic mass is 28.2. The van der Waals surface area contributed by atoms with Gasteiger partial charge in [0.25, 0.3) is 0 Å². The second-order valence-corrected chi connectivity index (χ2v) is 7.75. The van der Waals surface area contributed by atoms with Crippen molar-refractivity contribution in [1.29, 1.82) is 0 Å². The van der Waals surface area contributed by atoms with Crippen molar-refractivity contribution in [2.75, 3.05) is 19.8 Å². The standard InChI is InChI=1S/C11H26O2Si/c1-5-6-8-12-9-7-10-13-14-11(2,3)4/h5-10,14H2,1-4H3. The first-order valence-corrected chi connectivity index (χ1v) is 7.00. The van der Waals surface area contributed by atoms with E-state index in [4.69, 9.17) is 9.16 Å². The van der Waals surface area contributed by atoms with Gasteiger partial charge in [-0.15, -0.1) is 0 Å². The van der Waals surface area contributed by atoms with E-state index in [1.54, 1.807) is 0 Å². The zero-order chi connectivity index (χ0) is 10.9. The van der Waals surface area contributed by atoms with Crippen molar-refractivity contribution in [2.24, 2.45) is 0 Å². The van der Waals surface area contributed by atoms with Crippen LogP contribution in [0, 0.1) is 0 Å². The van der Waals surface area contributed by atoms with Gasteiger partial charge in [0.1, 0.15) is 0 Å². The fourth-order valence-corrected chi connectivity index (χ4v) is 1.95. The summed E-state index contributed by atoms with van der Waals surface area (Å²) in [4.78, 5) is 0. The fourth-order valence-electron chi connectivity index (χ4n) is 0.990. The third-order valence-corrected chi connectivity index (χ3v) is 3.11. The van der Waals surface area contributed by atoms with Crippen LogP contribution in [0.15, 0.2) is 0 Å². The molecule has 0 atom stereocenters. The van der Waals surface area contributed by atoms with Crippen LogP contribution in [0.4, 0.5) is 0 Å². The Hall–Kier alpha value is 0.137. The van der Waals surface area contributed by atoms with E-state index in [9.17, 15) is 0 Å². The topological polar surface area (TPSA) is 18.5 Å². The monoisotopic (exact) mass is 218 g/mol. The van der Waals surface area contributed by atoms with Crippen LogP contribution in [-0.2, 0) is 9.16 Å². The van der Waals surface area contributed by atoms with E-state index in [1.807, 2.05) is 0 Å². The maximum Gasteiger partial charge on any atom is 0.166 e. The van der Waals surface area contributed by atoms with Crippen LogP contribution in [0.3, 0.4) is 0 Å². The average molecular weight is 218 g/mol. The molecule has 0 saturated carbocycles. The van der Waals surface area contributed by atoms with Crippen molar-refractivity contribution in [3.8, 4) is 0 Å². The maximum absolute atomic E-state index is 5.66. The van der Waals surface area contributed by atoms with E-state index in [2.05, 4.69) is 27.7 Å². The molecule has 0 aliphatic heterocycles. The quantitative estimate of drug-likeness (QED) is 0.460. The highest BCUT2D eigenvalue weighted by Crippen LogP contribution is 2.19. The van der Waals surface area contributed by atoms with Crippen molar-refractivity contribution in [3.63, 3.8) is 0 Å². The van der Waals surface area contributed by atoms with Crippen molar-refractivity contribution in [1.82, 2.24) is 0 Å². The highest BCUT2D eigenvalue weighted by molar-refractivity contribution is 6.31. The molecule has 2 nitrogen and oxygen atoms in total. The molecule has 0 spiro atoms. The lowest BCUT2D eigenvalue weighted by atomic mass is 10.3. The van der Waals surface area contributed by atoms with Gasteiger partial charge in [-0.2, -0.15) is 0 Å². The molecule has 0 aromatic rings. The first kappa shape index (κ1) is 14.1. The highest BCUT2D eigenvalue weighted by Gasteiger charge is 2.10. The molecule has 86 valence electrons. The van der Waals surface area contributed by atoms with Gasteiger partial charge in [-0.1, -0.05) is 34.1 Å². The second-order valence-electron chi connectivity index (χ2n) is 4.93. The number of ether oxygens (including phenoxy) is 1. The molecule has 0 aromatic carbocycles. The predicted octanol–water partition coefficient (Wildman–Crippen LogP) is 2.51. The first-order chi connectivity index (χ1) is 6.56. The van der Waals surface area contributed by atoms with Crippen molar-refractivity contribution >= 4 is 9.76 Å². The van der Waals surface area contributed by atoms with Gasteiger partial charge >= 0.3 is 0 Å². The molecule has 0 aromatic heterocycles. The Morgan fingerprint density at radius 3 is 2.21 bits per heavy atom. The summed E-state index contributed by atoms with van der Waals surface area (Å²) in [7, 11) is -0.350. The predicted molar refractivity (Wildman–Crippen MR) is 64.6 cm³/mol. The molecule has 0 rings (SSSR count). The van der Waals surface area contributed by atoms with Gasteiger partial charge in [0.05, 0.1) is 0 Å². The Morgan fingerprint density at radius 2 is 1.64 bits per heavy atom. The molecule has 14 heavy (non-hydrogen) atoms. The third kappa shape index (κ3) is 12.1. The average Bonchev–Trinajstić information content (AvgIpc) is 2.08. The lowest BCUT2D eigenvalue weighted by Gasteiger charge is -2.16. The Labute approximate surface area is 91.3 Å². The van der Waals surface area contributed by atoms with Crippen LogP contribution in [0.1, 0.15) is 47.0 Å². The van der Waals surface area contributed by atoms with E-state index in [0.717, 1.165) is 26.2 Å². The largest absolute Gasteiger partial charge is 0.423 e. The van der Waals surface area contributed by atoms with Gasteiger partial charge < -0.3 is 9.16 Å². The minimum Gasteiger partial charge on any atom is -0.423 e. The second kappa shape index (κ2) is 8.45. The molecule has 0 radical (unpaired) electrons. The SMILES string of the molecule is CCCCOCCCO[SiH2]C(C)(C)C. The minimum absolute atomic E-state index is 0.350. The van der Waals surface area contributed by atoms with Crippen LogP contribution < -0.4 is 0 Å². The molecular formula is C11H26O2Si. The Balaban J connectivity index is 2.99. The van der Waals surface area contributed by atoms with Gasteiger partial charge in [-0.25, -0.2) is 0 Å². The summed E-state index contributed by atoms with van der Waals surface area (Å²) in [6.45, 7) is 11.6. The normalized spacial score (nSPS) is 12.9. The van der Waals surface area contributed by atoms with Crippen LogP contribution in [0.2, 0.25) is 5.04 Å². The first-order valence-electron chi connectivity index (χ1n) is 5.72. The van der Waals surface area contributed by atoms with E-state index < -0.39 is 0 Å². The fraction of sp³-hybridized carbons (Fsp3) is 1.00. The van der Waals surface area contributed by atoms with Crippen molar-refractivity contribution in [2.45, 2.75) is 52.0 Å². The molecular weight excluding hydrogens is 192 g/mol. The van der Waals surface area contributed by atoms with Crippen LogP contribution in [-0.4, -0.2) is 29.6 Å². The summed E-state index contributed by atoms with van der Waals surface area (Å²) in [5, 5.41) is 0.420. The summed E-state index contributed by atoms with van der Waals surface area (Å²) in [5.74, 6) is 0. The van der Waals surface area contributed by atoms with Crippen molar-refractivity contribution in [3.05, 3.63) is 0 Å². The van der Waals surface area contributed by atoms with E-state index >= 15 is 0 Å². The Kier molecular flexibility index (Phi) is 8.53. The molecule has 0 amide bonds.